The topological polar surface area (TPSA) is 54.0 Å². The quantitative estimate of drug-likeness (QED) is 0.856. The van der Waals surface area contributed by atoms with E-state index in [1.165, 1.54) is 18.6 Å². The highest BCUT2D eigenvalue weighted by atomic mass is 32.2. The van der Waals surface area contributed by atoms with Crippen molar-refractivity contribution in [1.29, 1.82) is 0 Å². The third kappa shape index (κ3) is 3.63. The second kappa shape index (κ2) is 6.64. The first kappa shape index (κ1) is 13.2. The lowest BCUT2D eigenvalue weighted by Crippen LogP contribution is -2.30. The molecule has 1 aliphatic heterocycles. The van der Waals surface area contributed by atoms with Crippen LogP contribution in [0.5, 0.6) is 0 Å². The van der Waals surface area contributed by atoms with Gasteiger partial charge in [0.15, 0.2) is 0 Å². The van der Waals surface area contributed by atoms with Gasteiger partial charge in [-0.25, -0.2) is 0 Å². The van der Waals surface area contributed by atoms with Crippen molar-refractivity contribution >= 4 is 23.4 Å². The third-order valence-corrected chi connectivity index (χ3v) is 4.29. The lowest BCUT2D eigenvalue weighted by atomic mass is 10.2. The van der Waals surface area contributed by atoms with Crippen LogP contribution in [0.1, 0.15) is 30.3 Å². The number of anilines is 1. The Hall–Kier alpha value is -1.23. The predicted octanol–water partition coefficient (Wildman–Crippen LogP) is 2.14. The van der Waals surface area contributed by atoms with E-state index in [2.05, 4.69) is 15.6 Å². The van der Waals surface area contributed by atoms with Crippen LogP contribution >= 0.6 is 11.8 Å². The number of rotatable bonds is 5. The molecule has 18 heavy (non-hydrogen) atoms. The Morgan fingerprint density at radius 1 is 1.61 bits per heavy atom. The number of hydrogen-bond donors (Lipinski definition) is 2. The molecule has 1 atom stereocenters. The molecule has 0 spiro atoms. The normalized spacial score (nSPS) is 18.6. The smallest absolute Gasteiger partial charge is 0.269 e. The van der Waals surface area contributed by atoms with E-state index in [0.717, 1.165) is 18.8 Å². The van der Waals surface area contributed by atoms with E-state index < -0.39 is 0 Å². The predicted molar refractivity (Wildman–Crippen MR) is 76.2 cm³/mol. The maximum atomic E-state index is 11.9. The van der Waals surface area contributed by atoms with Gasteiger partial charge in [0.05, 0.1) is 0 Å². The summed E-state index contributed by atoms with van der Waals surface area (Å²) in [6.07, 6.45) is 4.13. The molecule has 5 heteroatoms. The molecule has 0 radical (unpaired) electrons. The molecule has 1 aromatic heterocycles. The standard InChI is InChI=1S/C13H19N3OS/c1-2-14-10-5-6-15-12(8-10)13(17)16-9-11-4-3-7-18-11/h5-6,8,11H,2-4,7,9H2,1H3,(H,14,15)(H,16,17). The average Bonchev–Trinajstić information content (AvgIpc) is 2.90. The first-order valence-corrected chi connectivity index (χ1v) is 7.44. The molecule has 0 aromatic carbocycles. The Kier molecular flexibility index (Phi) is 4.87. The minimum absolute atomic E-state index is 0.0812. The molecule has 2 heterocycles. The van der Waals surface area contributed by atoms with Gasteiger partial charge in [0.2, 0.25) is 0 Å². The molecule has 1 aliphatic rings. The number of aromatic nitrogens is 1. The Bertz CT molecular complexity index is 405. The van der Waals surface area contributed by atoms with E-state index in [0.29, 0.717) is 10.9 Å². The molecule has 98 valence electrons. The van der Waals surface area contributed by atoms with Crippen LogP contribution in [0.4, 0.5) is 5.69 Å². The fourth-order valence-corrected chi connectivity index (χ4v) is 3.17. The molecule has 0 saturated carbocycles. The molecule has 4 nitrogen and oxygen atoms in total. The first-order valence-electron chi connectivity index (χ1n) is 6.39. The molecule has 1 fully saturated rings. The number of carbonyl (C=O) groups excluding carboxylic acids is 1. The Balaban J connectivity index is 1.89. The van der Waals surface area contributed by atoms with Crippen LogP contribution in [-0.2, 0) is 0 Å². The number of nitrogens with one attached hydrogen (secondary N) is 2. The van der Waals surface area contributed by atoms with Crippen LogP contribution in [0.2, 0.25) is 0 Å². The van der Waals surface area contributed by atoms with Gasteiger partial charge < -0.3 is 10.6 Å². The molecule has 1 aromatic rings. The van der Waals surface area contributed by atoms with E-state index >= 15 is 0 Å². The SMILES string of the molecule is CCNc1ccnc(C(=O)NCC2CCCS2)c1. The molecule has 0 aliphatic carbocycles. The fourth-order valence-electron chi connectivity index (χ4n) is 1.97. The van der Waals surface area contributed by atoms with E-state index in [9.17, 15) is 4.79 Å². The van der Waals surface area contributed by atoms with E-state index in [1.807, 2.05) is 24.8 Å². The third-order valence-electron chi connectivity index (χ3n) is 2.89. The van der Waals surface area contributed by atoms with Crippen LogP contribution < -0.4 is 10.6 Å². The molecule has 1 unspecified atom stereocenters. The van der Waals surface area contributed by atoms with Crippen molar-refractivity contribution in [1.82, 2.24) is 10.3 Å². The van der Waals surface area contributed by atoms with Crippen molar-refractivity contribution in [3.63, 3.8) is 0 Å². The zero-order valence-corrected chi connectivity index (χ0v) is 11.4. The van der Waals surface area contributed by atoms with Crippen molar-refractivity contribution in [3.8, 4) is 0 Å². The summed E-state index contributed by atoms with van der Waals surface area (Å²) in [7, 11) is 0. The van der Waals surface area contributed by atoms with E-state index in [1.54, 1.807) is 12.3 Å². The summed E-state index contributed by atoms with van der Waals surface area (Å²) in [5.74, 6) is 1.14. The molecular formula is C13H19N3OS. The highest BCUT2D eigenvalue weighted by Crippen LogP contribution is 2.25. The van der Waals surface area contributed by atoms with Crippen molar-refractivity contribution in [3.05, 3.63) is 24.0 Å². The van der Waals surface area contributed by atoms with Gasteiger partial charge in [-0.15, -0.1) is 0 Å². The van der Waals surface area contributed by atoms with Crippen molar-refractivity contribution in [2.24, 2.45) is 0 Å². The zero-order chi connectivity index (χ0) is 12.8. The second-order valence-corrected chi connectivity index (χ2v) is 5.71. The summed E-state index contributed by atoms with van der Waals surface area (Å²) in [6.45, 7) is 3.61. The van der Waals surface area contributed by atoms with Crippen LogP contribution in [0.3, 0.4) is 0 Å². The Morgan fingerprint density at radius 2 is 2.50 bits per heavy atom. The molecule has 0 bridgehead atoms. The highest BCUT2D eigenvalue weighted by Gasteiger charge is 2.17. The van der Waals surface area contributed by atoms with Gasteiger partial charge in [-0.05, 0) is 37.7 Å². The Morgan fingerprint density at radius 3 is 3.22 bits per heavy atom. The summed E-state index contributed by atoms with van der Waals surface area (Å²) in [5, 5.41) is 6.71. The maximum absolute atomic E-state index is 11.9. The average molecular weight is 265 g/mol. The van der Waals surface area contributed by atoms with Crippen LogP contribution in [-0.4, -0.2) is 35.0 Å². The van der Waals surface area contributed by atoms with Crippen molar-refractivity contribution in [2.75, 3.05) is 24.2 Å². The number of amides is 1. The van der Waals surface area contributed by atoms with Crippen molar-refractivity contribution < 1.29 is 4.79 Å². The monoisotopic (exact) mass is 265 g/mol. The minimum atomic E-state index is -0.0812. The Labute approximate surface area is 112 Å². The largest absolute Gasteiger partial charge is 0.385 e. The number of hydrogen-bond acceptors (Lipinski definition) is 4. The molecule has 1 saturated heterocycles. The molecule has 1 amide bonds. The van der Waals surface area contributed by atoms with Gasteiger partial charge in [0.25, 0.3) is 5.91 Å². The number of carbonyl (C=O) groups is 1. The van der Waals surface area contributed by atoms with Gasteiger partial charge in [0, 0.05) is 30.2 Å². The lowest BCUT2D eigenvalue weighted by molar-refractivity contribution is 0.0949. The summed E-state index contributed by atoms with van der Waals surface area (Å²) in [4.78, 5) is 16.1. The fraction of sp³-hybridized carbons (Fsp3) is 0.538. The van der Waals surface area contributed by atoms with Crippen LogP contribution in [0, 0.1) is 0 Å². The summed E-state index contributed by atoms with van der Waals surface area (Å²) in [6, 6.07) is 3.66. The van der Waals surface area contributed by atoms with Gasteiger partial charge in [-0.2, -0.15) is 11.8 Å². The number of pyridine rings is 1. The van der Waals surface area contributed by atoms with E-state index in [4.69, 9.17) is 0 Å². The molecule has 2 rings (SSSR count). The summed E-state index contributed by atoms with van der Waals surface area (Å²) < 4.78 is 0. The van der Waals surface area contributed by atoms with Gasteiger partial charge in [0.1, 0.15) is 5.69 Å². The molecule has 2 N–H and O–H groups in total. The molecular weight excluding hydrogens is 246 g/mol. The van der Waals surface area contributed by atoms with Crippen LogP contribution in [0.25, 0.3) is 0 Å². The number of nitrogens with zero attached hydrogens (tertiary/aromatic N) is 1. The first-order chi connectivity index (χ1) is 8.79. The second-order valence-electron chi connectivity index (χ2n) is 4.31. The zero-order valence-electron chi connectivity index (χ0n) is 10.6. The minimum Gasteiger partial charge on any atom is -0.385 e. The van der Waals surface area contributed by atoms with Gasteiger partial charge >= 0.3 is 0 Å². The van der Waals surface area contributed by atoms with Gasteiger partial charge in [-0.1, -0.05) is 0 Å². The number of thioether (sulfide) groups is 1. The summed E-state index contributed by atoms with van der Waals surface area (Å²) in [5.41, 5.74) is 1.42. The van der Waals surface area contributed by atoms with Crippen LogP contribution in [0.15, 0.2) is 18.3 Å². The maximum Gasteiger partial charge on any atom is 0.269 e. The summed E-state index contributed by atoms with van der Waals surface area (Å²) >= 11 is 1.94. The van der Waals surface area contributed by atoms with Gasteiger partial charge in [-0.3, -0.25) is 9.78 Å². The van der Waals surface area contributed by atoms with Crippen molar-refractivity contribution in [2.45, 2.75) is 25.0 Å². The van der Waals surface area contributed by atoms with E-state index in [-0.39, 0.29) is 5.91 Å². The lowest BCUT2D eigenvalue weighted by Gasteiger charge is -2.10. The highest BCUT2D eigenvalue weighted by molar-refractivity contribution is 8.00.